The SMILES string of the molecule is C=CC1=C(C)c2cc3[nH]c(cc4nc(cc5[nH]c(cc1n2)c(C)c5CCC(=O)O)C(CCC(=O)O)=C4C)c(C)c3C=C.C=CC1=C(C)c2cc3[nH]c(cc4nc(cc5[nH]c(cc1n2)c(C)c5CCC(=O)O)C(CCC(=O)O)=C4C)c(C)c3C=C.[Co].[Fe]. The zero-order chi connectivity index (χ0) is 60.6. The Balaban J connectivity index is 0.000000240. The number of nitrogens with zero attached hydrogens (tertiary/aromatic N) is 4. The number of carbonyl (C=O) groups is 4. The summed E-state index contributed by atoms with van der Waals surface area (Å²) in [5, 5.41) is 37.8. The van der Waals surface area contributed by atoms with Crippen LogP contribution in [-0.4, -0.2) is 84.2 Å². The molecule has 0 atom stereocenters. The molecule has 0 fully saturated rings. The van der Waals surface area contributed by atoms with Gasteiger partial charge in [-0.3, -0.25) is 19.2 Å². The number of hydrogen-bond acceptors (Lipinski definition) is 8. The van der Waals surface area contributed by atoms with Gasteiger partial charge >= 0.3 is 23.9 Å². The summed E-state index contributed by atoms with van der Waals surface area (Å²) in [7, 11) is 0. The Bertz CT molecular complexity index is 4130. The van der Waals surface area contributed by atoms with Crippen LogP contribution in [0.2, 0.25) is 0 Å². The number of rotatable bonds is 16. The Labute approximate surface area is 518 Å². The van der Waals surface area contributed by atoms with E-state index in [0.717, 1.165) is 167 Å². The maximum atomic E-state index is 11.5. The number of aryl methyl sites for hydroxylation is 6. The molecule has 0 saturated carbocycles. The summed E-state index contributed by atoms with van der Waals surface area (Å²) in [5.41, 5.74) is 27.4. The summed E-state index contributed by atoms with van der Waals surface area (Å²) in [4.78, 5) is 80.0. The summed E-state index contributed by atoms with van der Waals surface area (Å²) >= 11 is 0. The van der Waals surface area contributed by atoms with Crippen molar-refractivity contribution in [1.82, 2.24) is 39.9 Å². The van der Waals surface area contributed by atoms with Crippen LogP contribution >= 0.6 is 0 Å². The van der Waals surface area contributed by atoms with Crippen molar-refractivity contribution in [2.75, 3.05) is 0 Å². The Kier molecular flexibility index (Phi) is 19.9. The maximum absolute atomic E-state index is 11.5. The molecule has 0 spiro atoms. The molecule has 10 heterocycles. The molecule has 445 valence electrons. The van der Waals surface area contributed by atoms with Gasteiger partial charge in [-0.15, -0.1) is 0 Å². The number of carboxylic acid groups (broad SMARTS) is 4. The molecule has 16 bridgehead atoms. The normalized spacial score (nSPS) is 12.7. The second-order valence-corrected chi connectivity index (χ2v) is 21.5. The minimum absolute atomic E-state index is 0. The van der Waals surface area contributed by atoms with Gasteiger partial charge in [0.1, 0.15) is 0 Å². The van der Waals surface area contributed by atoms with Crippen molar-refractivity contribution in [3.8, 4) is 0 Å². The molecule has 4 aliphatic rings. The quantitative estimate of drug-likeness (QED) is 0.0421. The first-order chi connectivity index (χ1) is 40.0. The van der Waals surface area contributed by atoms with Crippen molar-refractivity contribution in [2.45, 2.75) is 107 Å². The van der Waals surface area contributed by atoms with Gasteiger partial charge < -0.3 is 40.4 Å². The molecule has 0 saturated heterocycles. The standard InChI is InChI=1S/2C34H34N4O4.Co.Fe/c2*1-7-21-17(3)25-13-26-19(5)23(9-11-33(39)40)31(37-26)16-32-24(10-12-34(41)42)20(6)28(38-32)15-30-22(8-2)18(4)27(36-30)14-29(21)35-25;;/h2*7-8,13-16,35,38H,1-2,9-12H2,3-6H3,(H,39,40)(H,41,42);;. The Morgan fingerprint density at radius 2 is 0.640 bits per heavy atom. The molecule has 16 nitrogen and oxygen atoms in total. The van der Waals surface area contributed by atoms with E-state index in [1.807, 2.05) is 116 Å². The third-order valence-electron chi connectivity index (χ3n) is 16.4. The van der Waals surface area contributed by atoms with E-state index in [4.69, 9.17) is 19.9 Å². The minimum atomic E-state index is -0.883. The number of aliphatic carboxylic acids is 4. The molecular weight excluding hydrogens is 1170 g/mol. The van der Waals surface area contributed by atoms with Crippen LogP contribution < -0.4 is 0 Å². The monoisotopic (exact) mass is 1240 g/mol. The number of fused-ring (bicyclic) bond motifs is 16. The smallest absolute Gasteiger partial charge is 0.303 e. The van der Waals surface area contributed by atoms with Crippen LogP contribution in [0, 0.1) is 27.7 Å². The van der Waals surface area contributed by atoms with E-state index in [1.165, 1.54) is 0 Å². The van der Waals surface area contributed by atoms with E-state index >= 15 is 0 Å². The van der Waals surface area contributed by atoms with Crippen LogP contribution in [0.25, 0.3) is 101 Å². The van der Waals surface area contributed by atoms with Crippen molar-refractivity contribution >= 4 is 125 Å². The number of allylic oxidation sites excluding steroid dienone is 10. The number of nitrogens with one attached hydrogen (secondary N) is 4. The van der Waals surface area contributed by atoms with Crippen LogP contribution in [0.15, 0.2) is 87.0 Å². The van der Waals surface area contributed by atoms with Gasteiger partial charge in [0.25, 0.3) is 0 Å². The van der Waals surface area contributed by atoms with E-state index in [9.17, 15) is 39.6 Å². The second kappa shape index (κ2) is 26.5. The van der Waals surface area contributed by atoms with Crippen LogP contribution in [-0.2, 0) is 65.9 Å². The molecular formula is C68H68CoFeN8O8. The van der Waals surface area contributed by atoms with Crippen LogP contribution in [0.1, 0.15) is 156 Å². The molecule has 8 N–H and O–H groups in total. The summed E-state index contributed by atoms with van der Waals surface area (Å²) in [6.07, 6.45) is 8.44. The van der Waals surface area contributed by atoms with Gasteiger partial charge in [-0.1, -0.05) is 50.6 Å². The first kappa shape index (κ1) is 64.6. The molecule has 0 unspecified atom stereocenters. The first-order valence-corrected chi connectivity index (χ1v) is 27.7. The van der Waals surface area contributed by atoms with E-state index in [-0.39, 0.29) is 59.5 Å². The van der Waals surface area contributed by atoms with Crippen molar-refractivity contribution < 1.29 is 73.5 Å². The third-order valence-corrected chi connectivity index (χ3v) is 16.4. The number of aromatic amines is 4. The number of hydrogen-bond donors (Lipinski definition) is 8. The summed E-state index contributed by atoms with van der Waals surface area (Å²) in [6.45, 7) is 32.1. The minimum Gasteiger partial charge on any atom is -0.481 e. The molecule has 0 aromatic carbocycles. The number of H-pyrrole nitrogens is 4. The van der Waals surface area contributed by atoms with Crippen LogP contribution in [0.4, 0.5) is 0 Å². The van der Waals surface area contributed by atoms with Crippen molar-refractivity contribution in [2.24, 2.45) is 0 Å². The van der Waals surface area contributed by atoms with Gasteiger partial charge in [-0.2, -0.15) is 0 Å². The molecule has 6 aromatic heterocycles. The van der Waals surface area contributed by atoms with E-state index in [1.54, 1.807) is 12.2 Å². The molecule has 0 amide bonds. The molecule has 18 heteroatoms. The molecule has 4 aliphatic heterocycles. The van der Waals surface area contributed by atoms with Gasteiger partial charge in [0.05, 0.1) is 45.6 Å². The second-order valence-electron chi connectivity index (χ2n) is 21.5. The van der Waals surface area contributed by atoms with Crippen molar-refractivity contribution in [1.29, 1.82) is 0 Å². The summed E-state index contributed by atoms with van der Waals surface area (Å²) in [6, 6.07) is 15.8. The topological polar surface area (TPSA) is 264 Å². The Morgan fingerprint density at radius 1 is 0.372 bits per heavy atom. The van der Waals surface area contributed by atoms with Gasteiger partial charge in [-0.05, 0) is 196 Å². The van der Waals surface area contributed by atoms with Gasteiger partial charge in [0, 0.05) is 126 Å². The molecule has 86 heavy (non-hydrogen) atoms. The van der Waals surface area contributed by atoms with E-state index < -0.39 is 23.9 Å². The zero-order valence-corrected chi connectivity index (χ0v) is 51.5. The molecule has 0 aliphatic carbocycles. The third kappa shape index (κ3) is 12.8. The van der Waals surface area contributed by atoms with E-state index in [0.29, 0.717) is 37.1 Å². The Morgan fingerprint density at radius 3 is 0.965 bits per heavy atom. The van der Waals surface area contributed by atoms with Crippen LogP contribution in [0.3, 0.4) is 0 Å². The fourth-order valence-corrected chi connectivity index (χ4v) is 11.5. The van der Waals surface area contributed by atoms with Gasteiger partial charge in [-0.25, -0.2) is 19.9 Å². The van der Waals surface area contributed by atoms with Gasteiger partial charge in [0.15, 0.2) is 0 Å². The van der Waals surface area contributed by atoms with E-state index in [2.05, 4.69) is 46.3 Å². The predicted octanol–water partition coefficient (Wildman–Crippen LogP) is 15.0. The average Bonchev–Trinajstić information content (AvgIpc) is 1.78. The first-order valence-electron chi connectivity index (χ1n) is 27.7. The summed E-state index contributed by atoms with van der Waals surface area (Å²) in [5.74, 6) is -3.53. The largest absolute Gasteiger partial charge is 0.481 e. The fourth-order valence-electron chi connectivity index (χ4n) is 11.5. The molecule has 1 radical (unpaired) electrons. The summed E-state index contributed by atoms with van der Waals surface area (Å²) < 4.78 is 0. The Hall–Kier alpha value is -8.93. The maximum Gasteiger partial charge on any atom is 0.303 e. The molecule has 6 aromatic rings. The van der Waals surface area contributed by atoms with Crippen molar-refractivity contribution in [3.05, 3.63) is 177 Å². The number of carboxylic acids is 4. The predicted molar refractivity (Wildman–Crippen MR) is 337 cm³/mol. The van der Waals surface area contributed by atoms with Gasteiger partial charge in [0.2, 0.25) is 0 Å². The van der Waals surface area contributed by atoms with Crippen LogP contribution in [0.5, 0.6) is 0 Å². The molecule has 10 rings (SSSR count). The average molecular weight is 1240 g/mol. The fraction of sp³-hybridized carbons (Fsp3) is 0.235. The zero-order valence-electron chi connectivity index (χ0n) is 49.3. The van der Waals surface area contributed by atoms with Crippen molar-refractivity contribution in [3.63, 3.8) is 0 Å². The number of aromatic nitrogens is 8.